The van der Waals surface area contributed by atoms with Crippen molar-refractivity contribution in [3.8, 4) is 0 Å². The van der Waals surface area contributed by atoms with Gasteiger partial charge in [0.05, 0.1) is 23.4 Å². The van der Waals surface area contributed by atoms with Gasteiger partial charge in [-0.1, -0.05) is 0 Å². The Morgan fingerprint density at radius 1 is 1.61 bits per heavy atom. The van der Waals surface area contributed by atoms with Gasteiger partial charge in [0.15, 0.2) is 0 Å². The Morgan fingerprint density at radius 3 is 2.78 bits per heavy atom. The van der Waals surface area contributed by atoms with E-state index >= 15 is 0 Å². The molecule has 1 aromatic heterocycles. The fourth-order valence-electron chi connectivity index (χ4n) is 2.23. The quantitative estimate of drug-likeness (QED) is 0.515. The lowest BCUT2D eigenvalue weighted by atomic mass is 9.82. The Labute approximate surface area is 111 Å². The van der Waals surface area contributed by atoms with Crippen LogP contribution in [0.15, 0.2) is 6.07 Å². The highest BCUT2D eigenvalue weighted by Crippen LogP contribution is 2.34. The lowest BCUT2D eigenvalue weighted by Gasteiger charge is -2.35. The molecule has 1 fully saturated rings. The van der Waals surface area contributed by atoms with Gasteiger partial charge < -0.3 is 14.9 Å². The number of rotatable bonds is 4. The van der Waals surface area contributed by atoms with E-state index in [0.717, 1.165) is 37.5 Å². The molecule has 18 heavy (non-hydrogen) atoms. The van der Waals surface area contributed by atoms with Gasteiger partial charge in [-0.2, -0.15) is 17.3 Å². The molecule has 0 saturated carbocycles. The van der Waals surface area contributed by atoms with Crippen molar-refractivity contribution >= 4 is 18.4 Å². The third-order valence-electron chi connectivity index (χ3n) is 3.53. The predicted octanol–water partition coefficient (Wildman–Crippen LogP) is 1.83. The lowest BCUT2D eigenvalue weighted by molar-refractivity contribution is -0.389. The summed E-state index contributed by atoms with van der Waals surface area (Å²) in [6.45, 7) is 3.96. The van der Waals surface area contributed by atoms with Gasteiger partial charge >= 0.3 is 5.82 Å². The molecule has 0 N–H and O–H groups in total. The number of nitro groups is 1. The average Bonchev–Trinajstić information content (AvgIpc) is 2.72. The van der Waals surface area contributed by atoms with Crippen LogP contribution in [-0.4, -0.2) is 33.7 Å². The summed E-state index contributed by atoms with van der Waals surface area (Å²) < 4.78 is 7.09. The third-order valence-corrected chi connectivity index (χ3v) is 4.20. The maximum Gasteiger partial charge on any atom is 0.390 e. The molecule has 0 atom stereocenters. The molecule has 0 aromatic carbocycles. The van der Waals surface area contributed by atoms with Gasteiger partial charge in [-0.3, -0.25) is 0 Å². The van der Waals surface area contributed by atoms with Crippen LogP contribution in [0.25, 0.3) is 0 Å². The second-order valence-electron chi connectivity index (χ2n) is 4.83. The van der Waals surface area contributed by atoms with Crippen LogP contribution < -0.4 is 0 Å². The topological polar surface area (TPSA) is 70.2 Å². The molecule has 2 rings (SSSR count). The van der Waals surface area contributed by atoms with Crippen LogP contribution in [0, 0.1) is 22.5 Å². The Balaban J connectivity index is 2.18. The molecule has 1 aromatic rings. The fraction of sp³-hybridized carbons (Fsp3) is 0.727. The lowest BCUT2D eigenvalue weighted by Crippen LogP contribution is -2.36. The maximum atomic E-state index is 10.7. The zero-order valence-corrected chi connectivity index (χ0v) is 11.2. The first-order valence-corrected chi connectivity index (χ1v) is 6.57. The van der Waals surface area contributed by atoms with Crippen molar-refractivity contribution in [1.29, 1.82) is 0 Å². The molecule has 0 aliphatic carbocycles. The molecule has 0 amide bonds. The van der Waals surface area contributed by atoms with Crippen LogP contribution in [0.3, 0.4) is 0 Å². The second-order valence-corrected chi connectivity index (χ2v) is 5.15. The molecule has 1 saturated heterocycles. The zero-order valence-electron chi connectivity index (χ0n) is 10.3. The van der Waals surface area contributed by atoms with Crippen LogP contribution in [0.2, 0.25) is 0 Å². The largest absolute Gasteiger partial charge is 0.390 e. The van der Waals surface area contributed by atoms with E-state index < -0.39 is 4.92 Å². The SMILES string of the molecule is Cc1cc([N+](=O)[O-])nn1CC1(CS)CCOCC1. The van der Waals surface area contributed by atoms with E-state index in [0.29, 0.717) is 6.54 Å². The van der Waals surface area contributed by atoms with Gasteiger partial charge in [0.2, 0.25) is 0 Å². The van der Waals surface area contributed by atoms with Gasteiger partial charge in [-0.15, -0.1) is 0 Å². The maximum absolute atomic E-state index is 10.7. The number of ether oxygens (including phenoxy) is 1. The molecule has 0 radical (unpaired) electrons. The highest BCUT2D eigenvalue weighted by molar-refractivity contribution is 7.80. The minimum Gasteiger partial charge on any atom is -0.381 e. The van der Waals surface area contributed by atoms with E-state index in [1.807, 2.05) is 6.92 Å². The van der Waals surface area contributed by atoms with E-state index in [1.54, 1.807) is 4.68 Å². The van der Waals surface area contributed by atoms with E-state index in [2.05, 4.69) is 17.7 Å². The Morgan fingerprint density at radius 2 is 2.28 bits per heavy atom. The number of thiol groups is 1. The zero-order chi connectivity index (χ0) is 13.2. The molecular formula is C11H17N3O3S. The van der Waals surface area contributed by atoms with E-state index in [4.69, 9.17) is 4.74 Å². The molecule has 0 bridgehead atoms. The minimum atomic E-state index is -0.457. The normalized spacial score (nSPS) is 18.8. The molecular weight excluding hydrogens is 254 g/mol. The summed E-state index contributed by atoms with van der Waals surface area (Å²) >= 11 is 4.43. The van der Waals surface area contributed by atoms with Crippen LogP contribution in [0.1, 0.15) is 18.5 Å². The third kappa shape index (κ3) is 2.67. The summed E-state index contributed by atoms with van der Waals surface area (Å²) in [5.41, 5.74) is 0.848. The monoisotopic (exact) mass is 271 g/mol. The standard InChI is InChI=1S/C11H17N3O3S/c1-9-6-10(14(15)16)12-13(9)7-11(8-18)2-4-17-5-3-11/h6,18H,2-5,7-8H2,1H3. The average molecular weight is 271 g/mol. The smallest absolute Gasteiger partial charge is 0.381 e. The number of hydrogen-bond donors (Lipinski definition) is 1. The molecule has 2 heterocycles. The predicted molar refractivity (Wildman–Crippen MR) is 70.0 cm³/mol. The van der Waals surface area contributed by atoms with Crippen molar-refractivity contribution in [2.24, 2.45) is 5.41 Å². The van der Waals surface area contributed by atoms with E-state index in [9.17, 15) is 10.1 Å². The van der Waals surface area contributed by atoms with Gasteiger partial charge in [-0.05, 0) is 30.4 Å². The van der Waals surface area contributed by atoms with Gasteiger partial charge in [0, 0.05) is 18.6 Å². The van der Waals surface area contributed by atoms with Gasteiger partial charge in [0.25, 0.3) is 0 Å². The second kappa shape index (κ2) is 5.27. The molecule has 1 aliphatic rings. The molecule has 100 valence electrons. The summed E-state index contributed by atoms with van der Waals surface area (Å²) in [4.78, 5) is 10.2. The van der Waals surface area contributed by atoms with Crippen molar-refractivity contribution in [2.75, 3.05) is 19.0 Å². The summed E-state index contributed by atoms with van der Waals surface area (Å²) in [6, 6.07) is 1.51. The molecule has 6 nitrogen and oxygen atoms in total. The number of hydrogen-bond acceptors (Lipinski definition) is 5. The van der Waals surface area contributed by atoms with Crippen LogP contribution in [0.5, 0.6) is 0 Å². The highest BCUT2D eigenvalue weighted by Gasteiger charge is 2.34. The van der Waals surface area contributed by atoms with Crippen molar-refractivity contribution < 1.29 is 9.66 Å². The van der Waals surface area contributed by atoms with Crippen LogP contribution in [0.4, 0.5) is 5.82 Å². The van der Waals surface area contributed by atoms with Crippen molar-refractivity contribution in [3.05, 3.63) is 21.9 Å². The Kier molecular flexibility index (Phi) is 3.91. The van der Waals surface area contributed by atoms with Gasteiger partial charge in [0.1, 0.15) is 0 Å². The first-order chi connectivity index (χ1) is 8.56. The Bertz CT molecular complexity index is 441. The van der Waals surface area contributed by atoms with Crippen molar-refractivity contribution in [2.45, 2.75) is 26.3 Å². The number of aryl methyl sites for hydroxylation is 1. The summed E-state index contributed by atoms with van der Waals surface area (Å²) in [6.07, 6.45) is 1.84. The van der Waals surface area contributed by atoms with E-state index in [1.165, 1.54) is 6.07 Å². The first-order valence-electron chi connectivity index (χ1n) is 5.94. The summed E-state index contributed by atoms with van der Waals surface area (Å²) in [5.74, 6) is 0.651. The summed E-state index contributed by atoms with van der Waals surface area (Å²) in [7, 11) is 0. The van der Waals surface area contributed by atoms with Crippen molar-refractivity contribution in [1.82, 2.24) is 9.78 Å². The first kappa shape index (κ1) is 13.4. The molecule has 0 unspecified atom stereocenters. The highest BCUT2D eigenvalue weighted by atomic mass is 32.1. The number of nitrogens with zero attached hydrogens (tertiary/aromatic N) is 3. The van der Waals surface area contributed by atoms with E-state index in [-0.39, 0.29) is 11.2 Å². The minimum absolute atomic E-state index is 0.0337. The fourth-order valence-corrected chi connectivity index (χ4v) is 2.65. The number of aromatic nitrogens is 2. The molecule has 0 spiro atoms. The van der Waals surface area contributed by atoms with Crippen LogP contribution >= 0.6 is 12.6 Å². The van der Waals surface area contributed by atoms with Crippen LogP contribution in [-0.2, 0) is 11.3 Å². The van der Waals surface area contributed by atoms with Crippen molar-refractivity contribution in [3.63, 3.8) is 0 Å². The molecule has 7 heteroatoms. The summed E-state index contributed by atoms with van der Waals surface area (Å²) in [5, 5.41) is 14.7. The van der Waals surface area contributed by atoms with Gasteiger partial charge in [-0.25, -0.2) is 0 Å². The Hall–Kier alpha value is -1.08. The molecule has 1 aliphatic heterocycles.